The van der Waals surface area contributed by atoms with E-state index in [0.29, 0.717) is 0 Å². The molecule has 0 aromatic rings. The summed E-state index contributed by atoms with van der Waals surface area (Å²) < 4.78 is 0. The van der Waals surface area contributed by atoms with E-state index in [9.17, 15) is 0 Å². The van der Waals surface area contributed by atoms with Crippen LogP contribution in [0.3, 0.4) is 0 Å². The van der Waals surface area contributed by atoms with Gasteiger partial charge in [0.15, 0.2) is 4.98 Å². The van der Waals surface area contributed by atoms with Crippen LogP contribution in [0.2, 0.25) is 0 Å². The first kappa shape index (κ1) is 9.44. The van der Waals surface area contributed by atoms with Gasteiger partial charge in [0.1, 0.15) is 0 Å². The molecule has 0 aliphatic carbocycles. The largest absolute Gasteiger partial charge is 0.502 e. The van der Waals surface area contributed by atoms with E-state index in [0.717, 1.165) is 0 Å². The lowest BCUT2D eigenvalue weighted by atomic mass is 10.3. The summed E-state index contributed by atoms with van der Waals surface area (Å²) in [5, 5.41) is 17.3. The number of allylic oxidation sites excluding steroid dienone is 5. The minimum atomic E-state index is -0.0365. The second-order valence-electron chi connectivity index (χ2n) is 1.96. The highest BCUT2D eigenvalue weighted by Crippen LogP contribution is 2.02. The third-order valence-electron chi connectivity index (χ3n) is 1.08. The van der Waals surface area contributed by atoms with Crippen molar-refractivity contribution in [2.45, 2.75) is 13.8 Å². The molecule has 3 nitrogen and oxygen atoms in total. The van der Waals surface area contributed by atoms with Crippen LogP contribution in [-0.2, 0) is 0 Å². The van der Waals surface area contributed by atoms with Gasteiger partial charge in [0.25, 0.3) is 0 Å². The lowest BCUT2D eigenvalue weighted by Crippen LogP contribution is -1.76. The molecule has 0 spiro atoms. The summed E-state index contributed by atoms with van der Waals surface area (Å²) in [4.78, 5) is 2.82. The summed E-state index contributed by atoms with van der Waals surface area (Å²) in [7, 11) is 0. The zero-order valence-electron chi connectivity index (χ0n) is 6.65. The molecule has 0 aliphatic heterocycles. The third-order valence-corrected chi connectivity index (χ3v) is 1.08. The molecular weight excluding hydrogens is 140 g/mol. The lowest BCUT2D eigenvalue weighted by molar-refractivity contribution is 0.427. The highest BCUT2D eigenvalue weighted by molar-refractivity contribution is 5.23. The fourth-order valence-corrected chi connectivity index (χ4v) is 0.430. The Morgan fingerprint density at radius 1 is 1.45 bits per heavy atom. The quantitative estimate of drug-likeness (QED) is 0.374. The van der Waals surface area contributed by atoms with Gasteiger partial charge < -0.3 is 5.11 Å². The van der Waals surface area contributed by atoms with Gasteiger partial charge in [0, 0.05) is 6.92 Å². The van der Waals surface area contributed by atoms with Crippen molar-refractivity contribution in [2.24, 2.45) is 0 Å². The molecule has 0 aliphatic rings. The maximum atomic E-state index is 9.05. The van der Waals surface area contributed by atoms with E-state index in [1.165, 1.54) is 13.0 Å². The molecule has 0 saturated carbocycles. The summed E-state index contributed by atoms with van der Waals surface area (Å²) in [6.07, 6.45) is 6.70. The SMILES string of the molecule is C/C=C/C=C/C(O)=C(\C)[N+]#N. The van der Waals surface area contributed by atoms with E-state index >= 15 is 0 Å². The van der Waals surface area contributed by atoms with Crippen molar-refractivity contribution < 1.29 is 5.11 Å². The van der Waals surface area contributed by atoms with Gasteiger partial charge in [-0.1, -0.05) is 18.2 Å². The Bertz CT molecular complexity index is 243. The minimum Gasteiger partial charge on any atom is -0.502 e. The minimum absolute atomic E-state index is 0.0365. The van der Waals surface area contributed by atoms with Crippen molar-refractivity contribution in [3.05, 3.63) is 40.7 Å². The standard InChI is InChI=1S/C8H10N2O/c1-3-4-5-6-8(11)7(2)10-9/h3-6H,1-2H3/p+1/b4-3+,6-5+,8-7-. The summed E-state index contributed by atoms with van der Waals surface area (Å²) in [6.45, 7) is 3.38. The Labute approximate surface area is 66.0 Å². The van der Waals surface area contributed by atoms with Crippen LogP contribution in [0.1, 0.15) is 13.8 Å². The average molecular weight is 151 g/mol. The molecule has 0 bridgehead atoms. The Hall–Kier alpha value is -1.56. The van der Waals surface area contributed by atoms with Crippen molar-refractivity contribution in [3.8, 4) is 0 Å². The van der Waals surface area contributed by atoms with Crippen LogP contribution in [0.25, 0.3) is 4.98 Å². The summed E-state index contributed by atoms with van der Waals surface area (Å²) in [5.41, 5.74) is 0.200. The van der Waals surface area contributed by atoms with Crippen LogP contribution in [0.4, 0.5) is 0 Å². The molecule has 0 aromatic carbocycles. The lowest BCUT2D eigenvalue weighted by Gasteiger charge is -1.80. The summed E-state index contributed by atoms with van der Waals surface area (Å²) in [6, 6.07) is 0. The molecule has 0 unspecified atom stereocenters. The van der Waals surface area contributed by atoms with Gasteiger partial charge in [-0.2, -0.15) is 0 Å². The van der Waals surface area contributed by atoms with Gasteiger partial charge >= 0.3 is 5.70 Å². The van der Waals surface area contributed by atoms with E-state index in [-0.39, 0.29) is 11.5 Å². The third kappa shape index (κ3) is 3.93. The topological polar surface area (TPSA) is 48.4 Å². The van der Waals surface area contributed by atoms with E-state index in [2.05, 4.69) is 4.98 Å². The molecule has 0 atom stereocenters. The zero-order valence-corrected chi connectivity index (χ0v) is 6.65. The highest BCUT2D eigenvalue weighted by atomic mass is 16.3. The molecule has 0 saturated heterocycles. The first-order valence-electron chi connectivity index (χ1n) is 3.26. The first-order chi connectivity index (χ1) is 5.22. The molecule has 0 fully saturated rings. The molecule has 0 heterocycles. The predicted octanol–water partition coefficient (Wildman–Crippen LogP) is 2.76. The van der Waals surface area contributed by atoms with Crippen molar-refractivity contribution >= 4 is 0 Å². The van der Waals surface area contributed by atoms with Gasteiger partial charge in [0.05, 0.1) is 0 Å². The van der Waals surface area contributed by atoms with E-state index in [1.807, 2.05) is 13.0 Å². The average Bonchev–Trinajstić information content (AvgIpc) is 2.03. The first-order valence-corrected chi connectivity index (χ1v) is 3.26. The van der Waals surface area contributed by atoms with Crippen LogP contribution in [0.5, 0.6) is 0 Å². The molecule has 11 heavy (non-hydrogen) atoms. The second-order valence-corrected chi connectivity index (χ2v) is 1.96. The Kier molecular flexibility index (Phi) is 4.50. The Morgan fingerprint density at radius 2 is 2.09 bits per heavy atom. The molecule has 3 heteroatoms. The summed E-state index contributed by atoms with van der Waals surface area (Å²) in [5.74, 6) is -0.0365. The highest BCUT2D eigenvalue weighted by Gasteiger charge is 2.06. The van der Waals surface area contributed by atoms with Gasteiger partial charge in [-0.3, -0.25) is 0 Å². The van der Waals surface area contributed by atoms with Crippen LogP contribution in [0, 0.1) is 5.39 Å². The monoisotopic (exact) mass is 151 g/mol. The van der Waals surface area contributed by atoms with Crippen molar-refractivity contribution in [1.29, 1.82) is 5.39 Å². The number of aliphatic hydroxyl groups is 1. The smallest absolute Gasteiger partial charge is 0.399 e. The molecule has 58 valence electrons. The Balaban J connectivity index is 4.30. The van der Waals surface area contributed by atoms with Gasteiger partial charge in [-0.15, -0.1) is 0 Å². The molecule has 0 aromatic heterocycles. The van der Waals surface area contributed by atoms with Crippen LogP contribution >= 0.6 is 0 Å². The van der Waals surface area contributed by atoms with Crippen LogP contribution in [-0.4, -0.2) is 5.11 Å². The van der Waals surface area contributed by atoms with E-state index < -0.39 is 0 Å². The van der Waals surface area contributed by atoms with Crippen LogP contribution in [0.15, 0.2) is 35.8 Å². The second kappa shape index (κ2) is 5.24. The number of diazo groups is 1. The van der Waals surface area contributed by atoms with Crippen molar-refractivity contribution in [2.75, 3.05) is 0 Å². The fraction of sp³-hybridized carbons (Fsp3) is 0.250. The molecule has 0 rings (SSSR count). The number of hydrogen-bond acceptors (Lipinski definition) is 2. The number of nitrogens with zero attached hydrogens (tertiary/aromatic N) is 2. The van der Waals surface area contributed by atoms with E-state index in [1.54, 1.807) is 12.2 Å². The summed E-state index contributed by atoms with van der Waals surface area (Å²) >= 11 is 0. The van der Waals surface area contributed by atoms with Gasteiger partial charge in [-0.05, 0) is 13.0 Å². The Morgan fingerprint density at radius 3 is 2.55 bits per heavy atom. The van der Waals surface area contributed by atoms with Crippen molar-refractivity contribution in [1.82, 2.24) is 0 Å². The molecule has 0 amide bonds. The maximum absolute atomic E-state index is 9.05. The van der Waals surface area contributed by atoms with Crippen molar-refractivity contribution in [3.63, 3.8) is 0 Å². The van der Waals surface area contributed by atoms with Gasteiger partial charge in [0.2, 0.25) is 11.2 Å². The molecule has 0 radical (unpaired) electrons. The van der Waals surface area contributed by atoms with Gasteiger partial charge in [-0.25, -0.2) is 0 Å². The predicted molar refractivity (Wildman–Crippen MR) is 44.4 cm³/mol. The zero-order chi connectivity index (χ0) is 8.69. The van der Waals surface area contributed by atoms with Crippen LogP contribution < -0.4 is 0 Å². The fourth-order valence-electron chi connectivity index (χ4n) is 0.430. The number of aliphatic hydroxyl groups excluding tert-OH is 1. The van der Waals surface area contributed by atoms with E-state index in [4.69, 9.17) is 10.5 Å². The number of hydrogen-bond donors (Lipinski definition) is 1. The maximum Gasteiger partial charge on any atom is 0.399 e. The molecular formula is C8H11N2O+. The molecule has 1 N–H and O–H groups in total. The number of rotatable bonds is 2. The normalized spacial score (nSPS) is 13.5.